The highest BCUT2D eigenvalue weighted by atomic mass is 32.1. The van der Waals surface area contributed by atoms with Crippen LogP contribution in [0.1, 0.15) is 21.5 Å². The average Bonchev–Trinajstić information content (AvgIpc) is 2.98. The Labute approximate surface area is 143 Å². The zero-order valence-electron chi connectivity index (χ0n) is 13.1. The molecule has 122 valence electrons. The lowest BCUT2D eigenvalue weighted by molar-refractivity contribution is -0.385. The van der Waals surface area contributed by atoms with Gasteiger partial charge in [0.05, 0.1) is 4.92 Å². The standard InChI is InChI=1S/C18H16N2O3S/c1-12-14(6-4-7-16(12)20(22)23)18(21)19-10-9-13-11-24-17-8-3-2-5-15(13)17/h2-8,11H,9-10H2,1H3,(H,19,21). The Morgan fingerprint density at radius 1 is 1.21 bits per heavy atom. The Bertz CT molecular complexity index is 918. The molecule has 2 aromatic carbocycles. The number of thiophene rings is 1. The molecule has 1 amide bonds. The van der Waals surface area contributed by atoms with Gasteiger partial charge in [-0.1, -0.05) is 24.3 Å². The molecule has 3 rings (SSSR count). The maximum Gasteiger partial charge on any atom is 0.273 e. The molecule has 0 saturated carbocycles. The summed E-state index contributed by atoms with van der Waals surface area (Å²) in [5.74, 6) is -0.282. The van der Waals surface area contributed by atoms with Crippen LogP contribution in [0, 0.1) is 17.0 Å². The topological polar surface area (TPSA) is 72.2 Å². The third-order valence-corrected chi connectivity index (χ3v) is 5.00. The van der Waals surface area contributed by atoms with Gasteiger partial charge in [0.1, 0.15) is 0 Å². The molecule has 0 radical (unpaired) electrons. The first-order valence-electron chi connectivity index (χ1n) is 7.55. The van der Waals surface area contributed by atoms with Gasteiger partial charge < -0.3 is 5.32 Å². The summed E-state index contributed by atoms with van der Waals surface area (Å²) in [7, 11) is 0. The van der Waals surface area contributed by atoms with E-state index in [-0.39, 0.29) is 11.6 Å². The molecule has 0 unspecified atom stereocenters. The summed E-state index contributed by atoms with van der Waals surface area (Å²) in [4.78, 5) is 22.8. The molecule has 1 N–H and O–H groups in total. The normalized spacial score (nSPS) is 10.7. The van der Waals surface area contributed by atoms with Gasteiger partial charge in [-0.15, -0.1) is 11.3 Å². The van der Waals surface area contributed by atoms with Crippen molar-refractivity contribution in [2.24, 2.45) is 0 Å². The van der Waals surface area contributed by atoms with Crippen molar-refractivity contribution in [1.29, 1.82) is 0 Å². The van der Waals surface area contributed by atoms with Gasteiger partial charge in [0.25, 0.3) is 11.6 Å². The highest BCUT2D eigenvalue weighted by Gasteiger charge is 2.17. The first-order chi connectivity index (χ1) is 11.6. The largest absolute Gasteiger partial charge is 0.352 e. The number of benzene rings is 2. The number of hydrogen-bond acceptors (Lipinski definition) is 4. The Morgan fingerprint density at radius 3 is 2.79 bits per heavy atom. The molecule has 0 bridgehead atoms. The molecule has 5 nitrogen and oxygen atoms in total. The molecule has 0 spiro atoms. The fraction of sp³-hybridized carbons (Fsp3) is 0.167. The van der Waals surface area contributed by atoms with Crippen molar-refractivity contribution in [2.75, 3.05) is 6.54 Å². The van der Waals surface area contributed by atoms with Crippen molar-refractivity contribution in [1.82, 2.24) is 5.32 Å². The van der Waals surface area contributed by atoms with E-state index in [0.29, 0.717) is 17.7 Å². The molecule has 6 heteroatoms. The fourth-order valence-corrected chi connectivity index (χ4v) is 3.70. The van der Waals surface area contributed by atoms with Crippen LogP contribution in [0.3, 0.4) is 0 Å². The first kappa shape index (κ1) is 16.1. The summed E-state index contributed by atoms with van der Waals surface area (Å²) in [5.41, 5.74) is 1.90. The first-order valence-corrected chi connectivity index (χ1v) is 8.43. The number of rotatable bonds is 5. The zero-order valence-corrected chi connectivity index (χ0v) is 13.9. The van der Waals surface area contributed by atoms with Crippen molar-refractivity contribution in [2.45, 2.75) is 13.3 Å². The van der Waals surface area contributed by atoms with Gasteiger partial charge in [0.15, 0.2) is 0 Å². The minimum atomic E-state index is -0.469. The molecular formula is C18H16N2O3S. The number of hydrogen-bond donors (Lipinski definition) is 1. The van der Waals surface area contributed by atoms with Crippen LogP contribution in [0.2, 0.25) is 0 Å². The van der Waals surface area contributed by atoms with E-state index in [1.165, 1.54) is 27.8 Å². The molecule has 24 heavy (non-hydrogen) atoms. The number of fused-ring (bicyclic) bond motifs is 1. The second-order valence-corrected chi connectivity index (χ2v) is 6.38. The highest BCUT2D eigenvalue weighted by Crippen LogP contribution is 2.26. The van der Waals surface area contributed by atoms with Gasteiger partial charge in [-0.05, 0) is 41.8 Å². The van der Waals surface area contributed by atoms with Crippen molar-refractivity contribution >= 4 is 33.0 Å². The molecule has 1 aromatic heterocycles. The monoisotopic (exact) mass is 340 g/mol. The van der Waals surface area contributed by atoms with Crippen LogP contribution in [0.15, 0.2) is 47.8 Å². The van der Waals surface area contributed by atoms with Crippen molar-refractivity contribution in [3.05, 3.63) is 74.6 Å². The average molecular weight is 340 g/mol. The van der Waals surface area contributed by atoms with E-state index in [9.17, 15) is 14.9 Å². The molecule has 0 saturated heterocycles. The zero-order chi connectivity index (χ0) is 17.1. The van der Waals surface area contributed by atoms with E-state index in [1.54, 1.807) is 24.3 Å². The summed E-state index contributed by atoms with van der Waals surface area (Å²) in [6, 6.07) is 12.7. The summed E-state index contributed by atoms with van der Waals surface area (Å²) in [6.07, 6.45) is 0.726. The van der Waals surface area contributed by atoms with Gasteiger partial charge in [-0.25, -0.2) is 0 Å². The van der Waals surface area contributed by atoms with E-state index < -0.39 is 4.92 Å². The van der Waals surface area contributed by atoms with Crippen LogP contribution >= 0.6 is 11.3 Å². The summed E-state index contributed by atoms with van der Waals surface area (Å²) >= 11 is 1.69. The van der Waals surface area contributed by atoms with E-state index in [2.05, 4.69) is 22.8 Å². The minimum Gasteiger partial charge on any atom is -0.352 e. The second kappa shape index (κ2) is 6.80. The minimum absolute atomic E-state index is 0.0357. The maximum atomic E-state index is 12.3. The Morgan fingerprint density at radius 2 is 2.00 bits per heavy atom. The number of carbonyl (C=O) groups is 1. The molecule has 0 aliphatic carbocycles. The summed E-state index contributed by atoms with van der Waals surface area (Å²) in [5, 5.41) is 17.1. The van der Waals surface area contributed by atoms with Crippen LogP contribution in [0.4, 0.5) is 5.69 Å². The van der Waals surface area contributed by atoms with Gasteiger partial charge >= 0.3 is 0 Å². The Hall–Kier alpha value is -2.73. The predicted molar refractivity (Wildman–Crippen MR) is 95.7 cm³/mol. The maximum absolute atomic E-state index is 12.3. The fourth-order valence-electron chi connectivity index (χ4n) is 2.70. The number of nitro groups is 1. The van der Waals surface area contributed by atoms with Crippen LogP contribution in [0.25, 0.3) is 10.1 Å². The molecule has 1 heterocycles. The quantitative estimate of drug-likeness (QED) is 0.561. The predicted octanol–water partition coefficient (Wildman–Crippen LogP) is 4.09. The Kier molecular flexibility index (Phi) is 4.57. The number of nitrogens with zero attached hydrogens (tertiary/aromatic N) is 1. The smallest absolute Gasteiger partial charge is 0.273 e. The number of amides is 1. The van der Waals surface area contributed by atoms with Gasteiger partial charge in [0.2, 0.25) is 0 Å². The van der Waals surface area contributed by atoms with Crippen molar-refractivity contribution < 1.29 is 9.72 Å². The molecular weight excluding hydrogens is 324 g/mol. The number of carbonyl (C=O) groups excluding carboxylic acids is 1. The lowest BCUT2D eigenvalue weighted by atomic mass is 10.1. The van der Waals surface area contributed by atoms with Crippen molar-refractivity contribution in [3.8, 4) is 0 Å². The van der Waals surface area contributed by atoms with E-state index in [0.717, 1.165) is 6.42 Å². The van der Waals surface area contributed by atoms with E-state index in [1.807, 2.05) is 12.1 Å². The lowest BCUT2D eigenvalue weighted by Crippen LogP contribution is -2.26. The molecule has 3 aromatic rings. The Balaban J connectivity index is 1.68. The third kappa shape index (κ3) is 3.14. The lowest BCUT2D eigenvalue weighted by Gasteiger charge is -2.08. The molecule has 0 aliphatic heterocycles. The van der Waals surface area contributed by atoms with Crippen molar-refractivity contribution in [3.63, 3.8) is 0 Å². The van der Waals surface area contributed by atoms with Crippen LogP contribution in [0.5, 0.6) is 0 Å². The molecule has 0 atom stereocenters. The van der Waals surface area contributed by atoms with Gasteiger partial charge in [0, 0.05) is 28.4 Å². The van der Waals surface area contributed by atoms with Crippen LogP contribution in [-0.2, 0) is 6.42 Å². The SMILES string of the molecule is Cc1c(C(=O)NCCc2csc3ccccc23)cccc1[N+](=O)[O-]. The highest BCUT2D eigenvalue weighted by molar-refractivity contribution is 7.17. The van der Waals surface area contributed by atoms with E-state index >= 15 is 0 Å². The summed E-state index contributed by atoms with van der Waals surface area (Å²) < 4.78 is 1.23. The van der Waals surface area contributed by atoms with E-state index in [4.69, 9.17) is 0 Å². The number of nitro benzene ring substituents is 1. The molecule has 0 fully saturated rings. The van der Waals surface area contributed by atoms with Gasteiger partial charge in [-0.2, -0.15) is 0 Å². The van der Waals surface area contributed by atoms with Crippen LogP contribution in [-0.4, -0.2) is 17.4 Å². The van der Waals surface area contributed by atoms with Gasteiger partial charge in [-0.3, -0.25) is 14.9 Å². The number of nitrogens with one attached hydrogen (secondary N) is 1. The molecule has 0 aliphatic rings. The summed E-state index contributed by atoms with van der Waals surface area (Å²) in [6.45, 7) is 2.08. The van der Waals surface area contributed by atoms with Crippen LogP contribution < -0.4 is 5.32 Å². The third-order valence-electron chi connectivity index (χ3n) is 3.99. The second-order valence-electron chi connectivity index (χ2n) is 5.47.